The molecule has 0 unspecified atom stereocenters. The molecule has 13 heavy (non-hydrogen) atoms. The van der Waals surface area contributed by atoms with Gasteiger partial charge in [0.2, 0.25) is 0 Å². The van der Waals surface area contributed by atoms with E-state index in [9.17, 15) is 4.79 Å². The summed E-state index contributed by atoms with van der Waals surface area (Å²) in [6.07, 6.45) is 1.68. The van der Waals surface area contributed by atoms with Gasteiger partial charge in [-0.05, 0) is 6.92 Å². The fraction of sp³-hybridized carbons (Fsp3) is 0.500. The van der Waals surface area contributed by atoms with E-state index in [1.807, 2.05) is 0 Å². The molecule has 0 rings (SSSR count). The Morgan fingerprint density at radius 1 is 1.38 bits per heavy atom. The predicted molar refractivity (Wildman–Crippen MR) is 56.9 cm³/mol. The van der Waals surface area contributed by atoms with Crippen LogP contribution in [-0.2, 0) is 9.53 Å². The van der Waals surface area contributed by atoms with Crippen molar-refractivity contribution in [2.24, 2.45) is 0 Å². The maximum atomic E-state index is 11.1. The molecule has 72 valence electrons. The summed E-state index contributed by atoms with van der Waals surface area (Å²) in [6.45, 7) is 8.17. The van der Waals surface area contributed by atoms with Crippen molar-refractivity contribution in [3.63, 3.8) is 0 Å². The van der Waals surface area contributed by atoms with Crippen LogP contribution in [0.3, 0.4) is 0 Å². The second-order valence-electron chi connectivity index (χ2n) is 3.69. The fourth-order valence-electron chi connectivity index (χ4n) is 0.606. The first-order chi connectivity index (χ1) is 5.90. The van der Waals surface area contributed by atoms with E-state index in [0.717, 1.165) is 0 Å². The fourth-order valence-corrected chi connectivity index (χ4v) is 1.12. The molecule has 3 heteroatoms. The molecular formula is C10H16O2Si. The highest BCUT2D eigenvalue weighted by Gasteiger charge is 2.09. The SMILES string of the molecule is C/C=C(/C#C[Si](C)(C)C)C(=O)OC. The van der Waals surface area contributed by atoms with Gasteiger partial charge in [-0.15, -0.1) is 5.54 Å². The summed E-state index contributed by atoms with van der Waals surface area (Å²) in [4.78, 5) is 11.1. The van der Waals surface area contributed by atoms with Crippen molar-refractivity contribution in [3.8, 4) is 11.5 Å². The minimum Gasteiger partial charge on any atom is -0.465 e. The highest BCUT2D eigenvalue weighted by atomic mass is 28.3. The van der Waals surface area contributed by atoms with E-state index in [1.165, 1.54) is 7.11 Å². The van der Waals surface area contributed by atoms with Crippen molar-refractivity contribution in [2.75, 3.05) is 7.11 Å². The second kappa shape index (κ2) is 4.88. The lowest BCUT2D eigenvalue weighted by Gasteiger charge is -2.03. The lowest BCUT2D eigenvalue weighted by molar-refractivity contribution is -0.135. The molecule has 0 aromatic carbocycles. The number of esters is 1. The Hall–Kier alpha value is -1.01. The van der Waals surface area contributed by atoms with Crippen molar-refractivity contribution in [1.29, 1.82) is 0 Å². The Morgan fingerprint density at radius 3 is 2.23 bits per heavy atom. The molecule has 0 aliphatic carbocycles. The van der Waals surface area contributed by atoms with Crippen LogP contribution >= 0.6 is 0 Å². The molecule has 0 heterocycles. The lowest BCUT2D eigenvalue weighted by Crippen LogP contribution is -2.17. The van der Waals surface area contributed by atoms with Crippen LogP contribution in [-0.4, -0.2) is 21.2 Å². The Morgan fingerprint density at radius 2 is 1.92 bits per heavy atom. The number of carbonyl (C=O) groups is 1. The monoisotopic (exact) mass is 196 g/mol. The molecular weight excluding hydrogens is 180 g/mol. The standard InChI is InChI=1S/C10H16O2Si/c1-6-9(10(11)12-2)7-8-13(3,4)5/h6H,1-5H3/b9-6-. The van der Waals surface area contributed by atoms with Gasteiger partial charge in [-0.25, -0.2) is 4.79 Å². The summed E-state index contributed by atoms with van der Waals surface area (Å²) < 4.78 is 4.57. The molecule has 0 saturated heterocycles. The third kappa shape index (κ3) is 5.26. The van der Waals surface area contributed by atoms with Crippen LogP contribution in [0.1, 0.15) is 6.92 Å². The third-order valence-corrected chi connectivity index (χ3v) is 2.14. The highest BCUT2D eigenvalue weighted by Crippen LogP contribution is 2.00. The predicted octanol–water partition coefficient (Wildman–Crippen LogP) is 1.99. The van der Waals surface area contributed by atoms with Crippen molar-refractivity contribution in [3.05, 3.63) is 11.6 Å². The number of allylic oxidation sites excluding steroid dienone is 1. The summed E-state index contributed by atoms with van der Waals surface area (Å²) in [5.41, 5.74) is 3.56. The largest absolute Gasteiger partial charge is 0.465 e. The topological polar surface area (TPSA) is 26.3 Å². The van der Waals surface area contributed by atoms with Gasteiger partial charge in [-0.1, -0.05) is 31.6 Å². The minimum absolute atomic E-state index is 0.353. The van der Waals surface area contributed by atoms with Crippen molar-refractivity contribution >= 4 is 14.0 Å². The minimum atomic E-state index is -1.40. The molecule has 0 aliphatic heterocycles. The molecule has 0 fully saturated rings. The summed E-state index contributed by atoms with van der Waals surface area (Å²) in [6, 6.07) is 0. The number of ether oxygens (including phenoxy) is 1. The Labute approximate surface area is 81.0 Å². The zero-order chi connectivity index (χ0) is 10.5. The average molecular weight is 196 g/mol. The molecule has 0 bridgehead atoms. The van der Waals surface area contributed by atoms with Crippen LogP contribution < -0.4 is 0 Å². The van der Waals surface area contributed by atoms with E-state index in [-0.39, 0.29) is 5.97 Å². The van der Waals surface area contributed by atoms with Crippen LogP contribution in [0, 0.1) is 11.5 Å². The smallest absolute Gasteiger partial charge is 0.346 e. The third-order valence-electron chi connectivity index (χ3n) is 1.27. The molecule has 0 N–H and O–H groups in total. The van der Waals surface area contributed by atoms with Gasteiger partial charge < -0.3 is 4.74 Å². The number of hydrogen-bond acceptors (Lipinski definition) is 2. The van der Waals surface area contributed by atoms with Gasteiger partial charge in [0.1, 0.15) is 13.6 Å². The van der Waals surface area contributed by atoms with Crippen LogP contribution in [0.2, 0.25) is 19.6 Å². The van der Waals surface area contributed by atoms with E-state index in [4.69, 9.17) is 0 Å². The molecule has 0 aromatic heterocycles. The molecule has 0 amide bonds. The first-order valence-corrected chi connectivity index (χ1v) is 7.68. The Bertz CT molecular complexity index is 274. The number of carbonyl (C=O) groups excluding carboxylic acids is 1. The summed E-state index contributed by atoms with van der Waals surface area (Å²) in [7, 11) is -0.0415. The Kier molecular flexibility index (Phi) is 4.50. The molecule has 0 radical (unpaired) electrons. The summed E-state index contributed by atoms with van der Waals surface area (Å²) in [5.74, 6) is 2.50. The van der Waals surface area contributed by atoms with Gasteiger partial charge >= 0.3 is 5.97 Å². The van der Waals surface area contributed by atoms with Gasteiger partial charge in [0.25, 0.3) is 0 Å². The maximum absolute atomic E-state index is 11.1. The number of rotatable bonds is 1. The summed E-state index contributed by atoms with van der Waals surface area (Å²) in [5, 5.41) is 0. The quantitative estimate of drug-likeness (QED) is 0.277. The lowest BCUT2D eigenvalue weighted by atomic mass is 10.3. The van der Waals surface area contributed by atoms with E-state index in [0.29, 0.717) is 5.57 Å². The van der Waals surface area contributed by atoms with Crippen molar-refractivity contribution < 1.29 is 9.53 Å². The molecule has 0 atom stereocenters. The molecule has 0 saturated carbocycles. The zero-order valence-electron chi connectivity index (χ0n) is 8.89. The molecule has 0 aromatic rings. The molecule has 2 nitrogen and oxygen atoms in total. The first-order valence-electron chi connectivity index (χ1n) is 4.18. The van der Waals surface area contributed by atoms with Crippen LogP contribution in [0.25, 0.3) is 0 Å². The number of methoxy groups -OCH3 is 1. The van der Waals surface area contributed by atoms with Gasteiger partial charge in [0.05, 0.1) is 7.11 Å². The second-order valence-corrected chi connectivity index (χ2v) is 8.44. The van der Waals surface area contributed by atoms with Gasteiger partial charge in [-0.3, -0.25) is 0 Å². The van der Waals surface area contributed by atoms with Crippen molar-refractivity contribution in [2.45, 2.75) is 26.6 Å². The maximum Gasteiger partial charge on any atom is 0.346 e. The van der Waals surface area contributed by atoms with Crippen LogP contribution in [0.4, 0.5) is 0 Å². The number of hydrogen-bond donors (Lipinski definition) is 0. The normalized spacial score (nSPS) is 11.6. The highest BCUT2D eigenvalue weighted by molar-refractivity contribution is 6.83. The molecule has 0 spiro atoms. The van der Waals surface area contributed by atoms with E-state index in [2.05, 4.69) is 35.8 Å². The van der Waals surface area contributed by atoms with E-state index < -0.39 is 8.07 Å². The van der Waals surface area contributed by atoms with Crippen LogP contribution in [0.5, 0.6) is 0 Å². The van der Waals surface area contributed by atoms with Crippen molar-refractivity contribution in [1.82, 2.24) is 0 Å². The summed E-state index contributed by atoms with van der Waals surface area (Å²) >= 11 is 0. The van der Waals surface area contributed by atoms with Gasteiger partial charge in [0, 0.05) is 0 Å². The van der Waals surface area contributed by atoms with Gasteiger partial charge in [0.15, 0.2) is 0 Å². The van der Waals surface area contributed by atoms with E-state index in [1.54, 1.807) is 13.0 Å². The first kappa shape index (κ1) is 12.0. The van der Waals surface area contributed by atoms with E-state index >= 15 is 0 Å². The molecule has 0 aliphatic rings. The van der Waals surface area contributed by atoms with Gasteiger partial charge in [-0.2, -0.15) is 0 Å². The Balaban J connectivity index is 4.65. The average Bonchev–Trinajstić information content (AvgIpc) is 2.03. The van der Waals surface area contributed by atoms with Crippen LogP contribution in [0.15, 0.2) is 11.6 Å². The zero-order valence-corrected chi connectivity index (χ0v) is 9.89.